The minimum Gasteiger partial charge on any atom is -0.469 e. The summed E-state index contributed by atoms with van der Waals surface area (Å²) in [5.41, 5.74) is 0. The van der Waals surface area contributed by atoms with E-state index in [1.54, 1.807) is 0 Å². The number of esters is 1. The second-order valence-electron chi connectivity index (χ2n) is 3.89. The van der Waals surface area contributed by atoms with Gasteiger partial charge in [0.15, 0.2) is 9.84 Å². The highest BCUT2D eigenvalue weighted by molar-refractivity contribution is 7.91. The van der Waals surface area contributed by atoms with Gasteiger partial charge >= 0.3 is 5.97 Å². The Morgan fingerprint density at radius 1 is 1.56 bits per heavy atom. The summed E-state index contributed by atoms with van der Waals surface area (Å²) in [4.78, 5) is 15.0. The fraction of sp³-hybridized carbons (Fsp3) is 0.700. The first kappa shape index (κ1) is 14.6. The van der Waals surface area contributed by atoms with E-state index in [9.17, 15) is 13.2 Å². The number of hydrogen-bond acceptors (Lipinski definition) is 6. The van der Waals surface area contributed by atoms with Crippen LogP contribution in [0.4, 0.5) is 0 Å². The summed E-state index contributed by atoms with van der Waals surface area (Å²) in [5, 5.41) is 3.11. The minimum absolute atomic E-state index is 0.154. The van der Waals surface area contributed by atoms with Gasteiger partial charge in [0.25, 0.3) is 0 Å². The first-order valence-corrected chi connectivity index (χ1v) is 7.27. The summed E-state index contributed by atoms with van der Waals surface area (Å²) >= 11 is 0. The van der Waals surface area contributed by atoms with Crippen LogP contribution in [0.5, 0.6) is 0 Å². The van der Waals surface area contributed by atoms with E-state index in [1.807, 2.05) is 6.92 Å². The number of ether oxygens (including phenoxy) is 1. The lowest BCUT2D eigenvalue weighted by atomic mass is 10.3. The van der Waals surface area contributed by atoms with Gasteiger partial charge in [0, 0.05) is 6.54 Å². The quantitative estimate of drug-likeness (QED) is 0.687. The average molecular weight is 275 g/mol. The maximum absolute atomic E-state index is 12.0. The van der Waals surface area contributed by atoms with Gasteiger partial charge in [-0.05, 0) is 13.8 Å². The Kier molecular flexibility index (Phi) is 4.83. The zero-order valence-electron chi connectivity index (χ0n) is 10.7. The van der Waals surface area contributed by atoms with Crippen molar-refractivity contribution >= 4 is 15.8 Å². The molecule has 0 bridgehead atoms. The predicted octanol–water partition coefficient (Wildman–Crippen LogP) is 0.164. The molecule has 1 unspecified atom stereocenters. The van der Waals surface area contributed by atoms with E-state index in [2.05, 4.69) is 14.8 Å². The zero-order valence-corrected chi connectivity index (χ0v) is 11.5. The molecule has 0 aliphatic carbocycles. The van der Waals surface area contributed by atoms with Crippen LogP contribution in [0.15, 0.2) is 6.33 Å². The molecule has 0 aliphatic heterocycles. The van der Waals surface area contributed by atoms with Crippen LogP contribution in [0.3, 0.4) is 0 Å². The van der Waals surface area contributed by atoms with Crippen molar-refractivity contribution in [3.8, 4) is 0 Å². The van der Waals surface area contributed by atoms with E-state index in [0.717, 1.165) is 0 Å². The standard InChI is InChI=1S/C10H17N3O4S/c1-4-13-9(11-7-12-13)6-18(15,16)8(2)5-10(14)17-3/h7-8H,4-6H2,1-3H3. The van der Waals surface area contributed by atoms with Crippen molar-refractivity contribution in [3.05, 3.63) is 12.2 Å². The van der Waals surface area contributed by atoms with Crippen LogP contribution in [0.25, 0.3) is 0 Å². The number of aryl methyl sites for hydroxylation is 1. The molecule has 0 spiro atoms. The highest BCUT2D eigenvalue weighted by Gasteiger charge is 2.26. The molecule has 102 valence electrons. The monoisotopic (exact) mass is 275 g/mol. The van der Waals surface area contributed by atoms with Gasteiger partial charge in [-0.25, -0.2) is 18.1 Å². The van der Waals surface area contributed by atoms with Crippen molar-refractivity contribution in [2.75, 3.05) is 7.11 Å². The number of carbonyl (C=O) groups is 1. The van der Waals surface area contributed by atoms with Crippen molar-refractivity contribution < 1.29 is 17.9 Å². The third kappa shape index (κ3) is 3.52. The summed E-state index contributed by atoms with van der Waals surface area (Å²) in [6, 6.07) is 0. The topological polar surface area (TPSA) is 91.1 Å². The number of rotatable bonds is 6. The summed E-state index contributed by atoms with van der Waals surface area (Å²) in [7, 11) is -2.21. The molecule has 8 heteroatoms. The molecule has 0 saturated carbocycles. The van der Waals surface area contributed by atoms with E-state index in [0.29, 0.717) is 12.4 Å². The van der Waals surface area contributed by atoms with Gasteiger partial charge in [-0.15, -0.1) is 0 Å². The predicted molar refractivity (Wildman–Crippen MR) is 64.4 cm³/mol. The maximum atomic E-state index is 12.0. The molecule has 0 amide bonds. The van der Waals surface area contributed by atoms with Crippen molar-refractivity contribution in [2.24, 2.45) is 0 Å². The van der Waals surface area contributed by atoms with Gasteiger partial charge in [-0.2, -0.15) is 5.10 Å². The summed E-state index contributed by atoms with van der Waals surface area (Å²) in [6.45, 7) is 3.89. The van der Waals surface area contributed by atoms with Crippen molar-refractivity contribution in [2.45, 2.75) is 37.8 Å². The fourth-order valence-electron chi connectivity index (χ4n) is 1.43. The van der Waals surface area contributed by atoms with Crippen LogP contribution in [0.1, 0.15) is 26.1 Å². The molecule has 1 heterocycles. The van der Waals surface area contributed by atoms with Crippen LogP contribution in [0, 0.1) is 0 Å². The Labute approximate surface area is 106 Å². The van der Waals surface area contributed by atoms with E-state index < -0.39 is 21.1 Å². The molecule has 7 nitrogen and oxygen atoms in total. The van der Waals surface area contributed by atoms with E-state index in [4.69, 9.17) is 0 Å². The van der Waals surface area contributed by atoms with E-state index in [-0.39, 0.29) is 12.2 Å². The van der Waals surface area contributed by atoms with Crippen molar-refractivity contribution in [3.63, 3.8) is 0 Å². The highest BCUT2D eigenvalue weighted by Crippen LogP contribution is 2.12. The maximum Gasteiger partial charge on any atom is 0.306 e. The number of nitrogens with zero attached hydrogens (tertiary/aromatic N) is 3. The second-order valence-corrected chi connectivity index (χ2v) is 6.31. The molecule has 0 radical (unpaired) electrons. The summed E-state index contributed by atoms with van der Waals surface area (Å²) in [6.07, 6.45) is 1.17. The molecule has 0 aliphatic rings. The van der Waals surface area contributed by atoms with Crippen molar-refractivity contribution in [1.29, 1.82) is 0 Å². The first-order valence-electron chi connectivity index (χ1n) is 5.55. The fourth-order valence-corrected chi connectivity index (χ4v) is 2.69. The van der Waals surface area contributed by atoms with Crippen LogP contribution >= 0.6 is 0 Å². The highest BCUT2D eigenvalue weighted by atomic mass is 32.2. The van der Waals surface area contributed by atoms with Crippen molar-refractivity contribution in [1.82, 2.24) is 14.8 Å². The Hall–Kier alpha value is -1.44. The third-order valence-electron chi connectivity index (χ3n) is 2.62. The Morgan fingerprint density at radius 2 is 2.22 bits per heavy atom. The Morgan fingerprint density at radius 3 is 2.78 bits per heavy atom. The van der Waals surface area contributed by atoms with Gasteiger partial charge < -0.3 is 4.74 Å². The SMILES string of the molecule is CCn1ncnc1CS(=O)(=O)C(C)CC(=O)OC. The lowest BCUT2D eigenvalue weighted by Gasteiger charge is -2.11. The third-order valence-corrected chi connectivity index (χ3v) is 4.67. The molecule has 0 N–H and O–H groups in total. The van der Waals surface area contributed by atoms with E-state index in [1.165, 1.54) is 25.0 Å². The van der Waals surface area contributed by atoms with Gasteiger partial charge in [-0.1, -0.05) is 0 Å². The molecule has 1 rings (SSSR count). The molecular weight excluding hydrogens is 258 g/mol. The summed E-state index contributed by atoms with van der Waals surface area (Å²) in [5.74, 6) is -0.379. The zero-order chi connectivity index (χ0) is 13.8. The number of aromatic nitrogens is 3. The van der Waals surface area contributed by atoms with Gasteiger partial charge in [0.05, 0.1) is 18.8 Å². The lowest BCUT2D eigenvalue weighted by Crippen LogP contribution is -2.25. The molecule has 1 aromatic rings. The molecular formula is C10H17N3O4S. The number of carbonyl (C=O) groups excluding carboxylic acids is 1. The molecule has 1 atom stereocenters. The molecule has 0 fully saturated rings. The number of hydrogen-bond donors (Lipinski definition) is 0. The minimum atomic E-state index is -3.45. The molecule has 18 heavy (non-hydrogen) atoms. The van der Waals surface area contributed by atoms with Gasteiger partial charge in [0.2, 0.25) is 0 Å². The van der Waals surface area contributed by atoms with Crippen LogP contribution in [0.2, 0.25) is 0 Å². The lowest BCUT2D eigenvalue weighted by molar-refractivity contribution is -0.140. The second kappa shape index (κ2) is 5.94. The molecule has 1 aromatic heterocycles. The van der Waals surface area contributed by atoms with E-state index >= 15 is 0 Å². The van der Waals surface area contributed by atoms with Crippen LogP contribution in [-0.4, -0.2) is 41.5 Å². The Balaban J connectivity index is 2.79. The Bertz CT molecular complexity index is 509. The van der Waals surface area contributed by atoms with Crippen LogP contribution in [-0.2, 0) is 31.7 Å². The average Bonchev–Trinajstić information content (AvgIpc) is 2.75. The molecule has 0 aromatic carbocycles. The van der Waals surface area contributed by atoms with Gasteiger partial charge in [0.1, 0.15) is 17.9 Å². The number of methoxy groups -OCH3 is 1. The summed E-state index contributed by atoms with van der Waals surface area (Å²) < 4.78 is 30.0. The largest absolute Gasteiger partial charge is 0.469 e. The van der Waals surface area contributed by atoms with Gasteiger partial charge in [-0.3, -0.25) is 4.79 Å². The first-order chi connectivity index (χ1) is 8.40. The number of sulfone groups is 1. The molecule has 0 saturated heterocycles. The van der Waals surface area contributed by atoms with Crippen LogP contribution < -0.4 is 0 Å². The smallest absolute Gasteiger partial charge is 0.306 e. The normalized spacial score (nSPS) is 13.3.